The first-order valence-electron chi connectivity index (χ1n) is 5.72. The van der Waals surface area contributed by atoms with E-state index >= 15 is 0 Å². The predicted molar refractivity (Wildman–Crippen MR) is 90.0 cm³/mol. The minimum atomic E-state index is 0.129. The third kappa shape index (κ3) is 3.55. The number of phenols is 1. The van der Waals surface area contributed by atoms with Crippen LogP contribution in [0.2, 0.25) is 5.02 Å². The van der Waals surface area contributed by atoms with Gasteiger partial charge in [-0.15, -0.1) is 0 Å². The number of anilines is 1. The van der Waals surface area contributed by atoms with Crippen molar-refractivity contribution in [3.8, 4) is 11.5 Å². The smallest absolute Gasteiger partial charge is 0.171 e. The number of nitrogens with zero attached hydrogens (tertiary/aromatic N) is 1. The number of aromatic hydroxyl groups is 1. The molecule has 0 fully saturated rings. The number of rotatable bonds is 4. The lowest BCUT2D eigenvalue weighted by atomic mass is 10.2. The third-order valence-corrected chi connectivity index (χ3v) is 3.70. The number of halogens is 2. The summed E-state index contributed by atoms with van der Waals surface area (Å²) < 4.78 is 5.79. The van der Waals surface area contributed by atoms with E-state index in [1.807, 2.05) is 40.8 Å². The molecular formula is C14H12ClIN2O2. The van der Waals surface area contributed by atoms with Gasteiger partial charge in [-0.25, -0.2) is 0 Å². The Hall–Kier alpha value is -1.47. The van der Waals surface area contributed by atoms with Gasteiger partial charge in [0.25, 0.3) is 0 Å². The van der Waals surface area contributed by atoms with Crippen LogP contribution >= 0.6 is 34.2 Å². The van der Waals surface area contributed by atoms with Gasteiger partial charge in [0.2, 0.25) is 0 Å². The number of benzene rings is 2. The summed E-state index contributed by atoms with van der Waals surface area (Å²) in [6.07, 6.45) is 1.63. The molecule has 4 nitrogen and oxygen atoms in total. The molecule has 0 radical (unpaired) electrons. The standard InChI is InChI=1S/C14H12ClIN2O2/c1-20-13-7-9(6-11(16)14(13)19)8-17-18-12-5-3-2-4-10(12)15/h2-8,18-19H,1H3/b17-8+. The van der Waals surface area contributed by atoms with Gasteiger partial charge in [0.1, 0.15) is 0 Å². The maximum Gasteiger partial charge on any atom is 0.171 e. The highest BCUT2D eigenvalue weighted by Crippen LogP contribution is 2.31. The molecule has 0 bridgehead atoms. The van der Waals surface area contributed by atoms with E-state index in [-0.39, 0.29) is 5.75 Å². The molecular weight excluding hydrogens is 391 g/mol. The molecule has 0 aliphatic heterocycles. The van der Waals surface area contributed by atoms with Crippen molar-refractivity contribution in [2.45, 2.75) is 0 Å². The Morgan fingerprint density at radius 3 is 2.80 bits per heavy atom. The normalized spacial score (nSPS) is 10.8. The highest BCUT2D eigenvalue weighted by Gasteiger charge is 2.07. The molecule has 0 amide bonds. The number of methoxy groups -OCH3 is 1. The van der Waals surface area contributed by atoms with Gasteiger partial charge in [-0.05, 0) is 52.4 Å². The summed E-state index contributed by atoms with van der Waals surface area (Å²) >= 11 is 8.04. The van der Waals surface area contributed by atoms with Crippen molar-refractivity contribution in [2.75, 3.05) is 12.5 Å². The quantitative estimate of drug-likeness (QED) is 0.460. The van der Waals surface area contributed by atoms with Crippen LogP contribution in [-0.4, -0.2) is 18.4 Å². The Bertz CT molecular complexity index is 647. The molecule has 2 aromatic carbocycles. The second-order valence-corrected chi connectivity index (χ2v) is 5.47. The zero-order valence-corrected chi connectivity index (χ0v) is 13.5. The summed E-state index contributed by atoms with van der Waals surface area (Å²) in [5.74, 6) is 0.542. The van der Waals surface area contributed by atoms with Crippen molar-refractivity contribution in [1.82, 2.24) is 0 Å². The number of hydrogen-bond acceptors (Lipinski definition) is 4. The zero-order chi connectivity index (χ0) is 14.5. The summed E-state index contributed by atoms with van der Waals surface area (Å²) in [5, 5.41) is 14.5. The van der Waals surface area contributed by atoms with Crippen molar-refractivity contribution >= 4 is 46.1 Å². The van der Waals surface area contributed by atoms with Gasteiger partial charge >= 0.3 is 0 Å². The Kier molecular flexibility index (Phi) is 5.08. The molecule has 0 heterocycles. The van der Waals surface area contributed by atoms with E-state index < -0.39 is 0 Å². The fourth-order valence-corrected chi connectivity index (χ4v) is 2.36. The third-order valence-electron chi connectivity index (χ3n) is 2.54. The van der Waals surface area contributed by atoms with Crippen LogP contribution in [0, 0.1) is 3.57 Å². The van der Waals surface area contributed by atoms with Gasteiger partial charge in [-0.1, -0.05) is 23.7 Å². The van der Waals surface area contributed by atoms with Gasteiger partial charge in [0, 0.05) is 0 Å². The summed E-state index contributed by atoms with van der Waals surface area (Å²) in [6, 6.07) is 10.8. The number of hydrogen-bond donors (Lipinski definition) is 2. The van der Waals surface area contributed by atoms with Crippen molar-refractivity contribution in [2.24, 2.45) is 5.10 Å². The van der Waals surface area contributed by atoms with E-state index in [1.54, 1.807) is 24.4 Å². The molecule has 20 heavy (non-hydrogen) atoms. The molecule has 0 aliphatic carbocycles. The number of para-hydroxylation sites is 1. The van der Waals surface area contributed by atoms with Gasteiger partial charge in [-0.2, -0.15) is 5.10 Å². The SMILES string of the molecule is COc1cc(/C=N/Nc2ccccc2Cl)cc(I)c1O. The first-order chi connectivity index (χ1) is 9.61. The van der Waals surface area contributed by atoms with Crippen molar-refractivity contribution in [1.29, 1.82) is 0 Å². The molecule has 0 unspecified atom stereocenters. The number of ether oxygens (including phenoxy) is 1. The minimum Gasteiger partial charge on any atom is -0.504 e. The Balaban J connectivity index is 2.16. The van der Waals surface area contributed by atoms with E-state index in [0.717, 1.165) is 11.3 Å². The lowest BCUT2D eigenvalue weighted by molar-refractivity contribution is 0.371. The lowest BCUT2D eigenvalue weighted by Gasteiger charge is -2.06. The average Bonchev–Trinajstić information content (AvgIpc) is 2.44. The molecule has 0 saturated heterocycles. The molecule has 104 valence electrons. The second kappa shape index (κ2) is 6.81. The molecule has 6 heteroatoms. The van der Waals surface area contributed by atoms with Crippen molar-refractivity contribution < 1.29 is 9.84 Å². The average molecular weight is 403 g/mol. The van der Waals surface area contributed by atoms with E-state index in [9.17, 15) is 5.11 Å². The van der Waals surface area contributed by atoms with Crippen LogP contribution in [0.3, 0.4) is 0 Å². The topological polar surface area (TPSA) is 53.8 Å². The van der Waals surface area contributed by atoms with Gasteiger partial charge < -0.3 is 9.84 Å². The van der Waals surface area contributed by atoms with Crippen molar-refractivity contribution in [3.05, 3.63) is 50.6 Å². The Labute approximate surface area is 135 Å². The summed E-state index contributed by atoms with van der Waals surface area (Å²) in [7, 11) is 1.51. The van der Waals surface area contributed by atoms with Crippen LogP contribution < -0.4 is 10.2 Å². The Morgan fingerprint density at radius 1 is 1.35 bits per heavy atom. The van der Waals surface area contributed by atoms with E-state index in [4.69, 9.17) is 16.3 Å². The van der Waals surface area contributed by atoms with Crippen LogP contribution in [0.25, 0.3) is 0 Å². The fraction of sp³-hybridized carbons (Fsp3) is 0.0714. The molecule has 2 rings (SSSR count). The molecule has 2 N–H and O–H groups in total. The van der Waals surface area contributed by atoms with Crippen LogP contribution in [0.5, 0.6) is 11.5 Å². The van der Waals surface area contributed by atoms with Crippen molar-refractivity contribution in [3.63, 3.8) is 0 Å². The number of hydrazone groups is 1. The highest BCUT2D eigenvalue weighted by molar-refractivity contribution is 14.1. The van der Waals surface area contributed by atoms with Crippen LogP contribution in [0.1, 0.15) is 5.56 Å². The summed E-state index contributed by atoms with van der Waals surface area (Å²) in [6.45, 7) is 0. The predicted octanol–water partition coefficient (Wildman–Crippen LogP) is 4.10. The fourth-order valence-electron chi connectivity index (χ4n) is 1.55. The summed E-state index contributed by atoms with van der Waals surface area (Å²) in [5.41, 5.74) is 4.40. The number of nitrogens with one attached hydrogen (secondary N) is 1. The molecule has 0 atom stereocenters. The second-order valence-electron chi connectivity index (χ2n) is 3.90. The zero-order valence-electron chi connectivity index (χ0n) is 10.6. The molecule has 0 aliphatic rings. The van der Waals surface area contributed by atoms with E-state index in [0.29, 0.717) is 14.3 Å². The first kappa shape index (κ1) is 14.9. The molecule has 0 aromatic heterocycles. The Morgan fingerprint density at radius 2 is 2.10 bits per heavy atom. The van der Waals surface area contributed by atoms with Gasteiger partial charge in [0.05, 0.1) is 27.6 Å². The molecule has 2 aromatic rings. The van der Waals surface area contributed by atoms with E-state index in [2.05, 4.69) is 10.5 Å². The van der Waals surface area contributed by atoms with Gasteiger partial charge in [-0.3, -0.25) is 5.43 Å². The van der Waals surface area contributed by atoms with Gasteiger partial charge in [0.15, 0.2) is 11.5 Å². The maximum absolute atomic E-state index is 9.75. The molecule has 0 saturated carbocycles. The van der Waals surface area contributed by atoms with Crippen LogP contribution in [0.15, 0.2) is 41.5 Å². The highest BCUT2D eigenvalue weighted by atomic mass is 127. The first-order valence-corrected chi connectivity index (χ1v) is 7.17. The largest absolute Gasteiger partial charge is 0.504 e. The number of phenolic OH excluding ortho intramolecular Hbond substituents is 1. The lowest BCUT2D eigenvalue weighted by Crippen LogP contribution is -1.93. The minimum absolute atomic E-state index is 0.129. The van der Waals surface area contributed by atoms with Crippen LogP contribution in [0.4, 0.5) is 5.69 Å². The maximum atomic E-state index is 9.75. The van der Waals surface area contributed by atoms with Crippen LogP contribution in [-0.2, 0) is 0 Å². The molecule has 0 spiro atoms. The monoisotopic (exact) mass is 402 g/mol. The summed E-state index contributed by atoms with van der Waals surface area (Å²) in [4.78, 5) is 0. The van der Waals surface area contributed by atoms with E-state index in [1.165, 1.54) is 7.11 Å².